The second-order valence-electron chi connectivity index (χ2n) is 3.01. The molecule has 1 aromatic heterocycles. The molecule has 1 heterocycles. The Morgan fingerprint density at radius 1 is 1.47 bits per heavy atom. The smallest absolute Gasteiger partial charge is 0.272 e. The Hall–Kier alpha value is -1.71. The van der Waals surface area contributed by atoms with Crippen LogP contribution in [0.2, 0.25) is 0 Å². The predicted octanol–water partition coefficient (Wildman–Crippen LogP) is 2.85. The number of rotatable bonds is 3. The van der Waals surface area contributed by atoms with Crippen LogP contribution in [0.15, 0.2) is 24.4 Å². The fourth-order valence-electron chi connectivity index (χ4n) is 1.14. The van der Waals surface area contributed by atoms with Crippen molar-refractivity contribution in [1.82, 2.24) is 10.2 Å². The molecule has 0 aliphatic carbocycles. The van der Waals surface area contributed by atoms with Crippen molar-refractivity contribution >= 4 is 28.3 Å². The van der Waals surface area contributed by atoms with Crippen LogP contribution in [0, 0.1) is 19.6 Å². The van der Waals surface area contributed by atoms with E-state index >= 15 is 0 Å². The SMILES string of the molecule is O=[N+]([O-])c1ccc(Oc2c[nH]nc2I)c(F)c1. The molecule has 0 radical (unpaired) electrons. The highest BCUT2D eigenvalue weighted by Crippen LogP contribution is 2.29. The van der Waals surface area contributed by atoms with Crippen molar-refractivity contribution in [2.24, 2.45) is 0 Å². The summed E-state index contributed by atoms with van der Waals surface area (Å²) in [5.74, 6) is -0.524. The number of hydrogen-bond acceptors (Lipinski definition) is 4. The Kier molecular flexibility index (Phi) is 3.22. The zero-order valence-electron chi connectivity index (χ0n) is 8.18. The summed E-state index contributed by atoms with van der Waals surface area (Å²) < 4.78 is 19.2. The molecule has 0 unspecified atom stereocenters. The molecular weight excluding hydrogens is 344 g/mol. The zero-order valence-corrected chi connectivity index (χ0v) is 10.3. The van der Waals surface area contributed by atoms with Crippen LogP contribution in [0.5, 0.6) is 11.5 Å². The van der Waals surface area contributed by atoms with E-state index in [1.165, 1.54) is 18.3 Å². The van der Waals surface area contributed by atoms with E-state index in [0.29, 0.717) is 9.45 Å². The molecule has 1 N–H and O–H groups in total. The fourth-order valence-corrected chi connectivity index (χ4v) is 1.54. The molecule has 0 spiro atoms. The molecule has 0 fully saturated rings. The van der Waals surface area contributed by atoms with Crippen LogP contribution >= 0.6 is 22.6 Å². The van der Waals surface area contributed by atoms with Gasteiger partial charge in [0.15, 0.2) is 21.0 Å². The van der Waals surface area contributed by atoms with Gasteiger partial charge >= 0.3 is 0 Å². The normalized spacial score (nSPS) is 10.2. The number of H-pyrrole nitrogens is 1. The topological polar surface area (TPSA) is 81.0 Å². The molecule has 1 aromatic carbocycles. The van der Waals surface area contributed by atoms with E-state index in [9.17, 15) is 14.5 Å². The van der Waals surface area contributed by atoms with Gasteiger partial charge in [0.25, 0.3) is 5.69 Å². The minimum atomic E-state index is -0.795. The zero-order chi connectivity index (χ0) is 12.4. The van der Waals surface area contributed by atoms with Crippen molar-refractivity contribution in [1.29, 1.82) is 0 Å². The van der Waals surface area contributed by atoms with Gasteiger partial charge in [-0.25, -0.2) is 4.39 Å². The lowest BCUT2D eigenvalue weighted by molar-refractivity contribution is -0.385. The molecule has 2 rings (SSSR count). The van der Waals surface area contributed by atoms with Gasteiger partial charge in [-0.2, -0.15) is 5.10 Å². The number of hydrogen-bond donors (Lipinski definition) is 1. The number of aromatic nitrogens is 2. The highest BCUT2D eigenvalue weighted by Gasteiger charge is 2.13. The Balaban J connectivity index is 2.29. The molecule has 2 aromatic rings. The minimum absolute atomic E-state index is 0.0880. The van der Waals surface area contributed by atoms with Gasteiger partial charge in [-0.1, -0.05) is 0 Å². The fraction of sp³-hybridized carbons (Fsp3) is 0. The lowest BCUT2D eigenvalue weighted by atomic mass is 10.3. The highest BCUT2D eigenvalue weighted by molar-refractivity contribution is 14.1. The van der Waals surface area contributed by atoms with Crippen molar-refractivity contribution < 1.29 is 14.1 Å². The summed E-state index contributed by atoms with van der Waals surface area (Å²) >= 11 is 1.91. The maximum Gasteiger partial charge on any atom is 0.272 e. The van der Waals surface area contributed by atoms with Crippen molar-refractivity contribution in [3.63, 3.8) is 0 Å². The van der Waals surface area contributed by atoms with Crippen LogP contribution in [-0.2, 0) is 0 Å². The number of nitro groups is 1. The Morgan fingerprint density at radius 2 is 2.24 bits per heavy atom. The number of nitro benzene ring substituents is 1. The first-order chi connectivity index (χ1) is 8.08. The third-order valence-corrected chi connectivity index (χ3v) is 2.68. The summed E-state index contributed by atoms with van der Waals surface area (Å²) in [5.41, 5.74) is -0.322. The average Bonchev–Trinajstić information content (AvgIpc) is 2.67. The van der Waals surface area contributed by atoms with E-state index in [1.807, 2.05) is 22.6 Å². The minimum Gasteiger partial charge on any atom is -0.450 e. The van der Waals surface area contributed by atoms with Gasteiger partial charge < -0.3 is 4.74 Å². The molecule has 0 amide bonds. The molecule has 88 valence electrons. The summed E-state index contributed by atoms with van der Waals surface area (Å²) in [6.07, 6.45) is 1.46. The first-order valence-electron chi connectivity index (χ1n) is 4.39. The summed E-state index contributed by atoms with van der Waals surface area (Å²) in [6, 6.07) is 3.18. The Morgan fingerprint density at radius 3 is 2.76 bits per heavy atom. The van der Waals surface area contributed by atoms with Crippen molar-refractivity contribution in [2.45, 2.75) is 0 Å². The van der Waals surface area contributed by atoms with Crippen molar-refractivity contribution in [3.8, 4) is 11.5 Å². The van der Waals surface area contributed by atoms with Crippen LogP contribution in [0.3, 0.4) is 0 Å². The standard InChI is InChI=1S/C9H5FIN3O3/c10-6-3-5(14(15)16)1-2-7(6)17-8-4-12-13-9(8)11/h1-4H,(H,12,13). The molecule has 0 saturated carbocycles. The van der Waals surface area contributed by atoms with E-state index in [2.05, 4.69) is 10.2 Å². The predicted molar refractivity (Wildman–Crippen MR) is 64.4 cm³/mol. The van der Waals surface area contributed by atoms with E-state index < -0.39 is 10.7 Å². The Labute approximate surface area is 108 Å². The quantitative estimate of drug-likeness (QED) is 0.525. The first-order valence-corrected chi connectivity index (χ1v) is 5.47. The molecule has 17 heavy (non-hydrogen) atoms. The monoisotopic (exact) mass is 349 g/mol. The van der Waals surface area contributed by atoms with Gasteiger partial charge in [-0.05, 0) is 28.7 Å². The molecule has 0 aliphatic heterocycles. The van der Waals surface area contributed by atoms with Gasteiger partial charge in [0.2, 0.25) is 0 Å². The molecule has 8 heteroatoms. The van der Waals surface area contributed by atoms with E-state index in [1.54, 1.807) is 0 Å². The maximum atomic E-state index is 13.5. The highest BCUT2D eigenvalue weighted by atomic mass is 127. The molecule has 0 bridgehead atoms. The van der Waals surface area contributed by atoms with Crippen molar-refractivity contribution in [2.75, 3.05) is 0 Å². The third kappa shape index (κ3) is 2.52. The molecule has 0 saturated heterocycles. The number of benzene rings is 1. The molecular formula is C9H5FIN3O3. The van der Waals surface area contributed by atoms with E-state index in [0.717, 1.165) is 6.07 Å². The lowest BCUT2D eigenvalue weighted by Gasteiger charge is -2.04. The molecule has 6 nitrogen and oxygen atoms in total. The van der Waals surface area contributed by atoms with Gasteiger partial charge in [0.05, 0.1) is 17.2 Å². The number of non-ortho nitro benzene ring substituents is 1. The van der Waals surface area contributed by atoms with Crippen molar-refractivity contribution in [3.05, 3.63) is 44.0 Å². The largest absolute Gasteiger partial charge is 0.450 e. The van der Waals surface area contributed by atoms with Crippen LogP contribution < -0.4 is 4.74 Å². The van der Waals surface area contributed by atoms with E-state index in [-0.39, 0.29) is 11.4 Å². The lowest BCUT2D eigenvalue weighted by Crippen LogP contribution is -1.92. The van der Waals surface area contributed by atoms with Crippen LogP contribution in [0.4, 0.5) is 10.1 Å². The van der Waals surface area contributed by atoms with Gasteiger partial charge in [0, 0.05) is 6.07 Å². The molecule has 0 atom stereocenters. The number of nitrogens with zero attached hydrogens (tertiary/aromatic N) is 2. The van der Waals surface area contributed by atoms with Gasteiger partial charge in [0.1, 0.15) is 0 Å². The maximum absolute atomic E-state index is 13.5. The van der Waals surface area contributed by atoms with Gasteiger partial charge in [-0.3, -0.25) is 15.2 Å². The number of nitrogens with one attached hydrogen (secondary N) is 1. The average molecular weight is 349 g/mol. The second kappa shape index (κ2) is 4.65. The number of halogens is 2. The number of ether oxygens (including phenoxy) is 1. The summed E-state index contributed by atoms with van der Waals surface area (Å²) in [6.45, 7) is 0. The number of aromatic amines is 1. The summed E-state index contributed by atoms with van der Waals surface area (Å²) in [5, 5.41) is 16.8. The van der Waals surface area contributed by atoms with Crippen LogP contribution in [-0.4, -0.2) is 15.1 Å². The van der Waals surface area contributed by atoms with E-state index in [4.69, 9.17) is 4.74 Å². The first kappa shape index (κ1) is 11.8. The Bertz CT molecular complexity index is 572. The molecule has 0 aliphatic rings. The third-order valence-electron chi connectivity index (χ3n) is 1.91. The summed E-state index contributed by atoms with van der Waals surface area (Å²) in [4.78, 5) is 9.75. The second-order valence-corrected chi connectivity index (χ2v) is 4.04. The van der Waals surface area contributed by atoms with Crippen LogP contribution in [0.1, 0.15) is 0 Å². The van der Waals surface area contributed by atoms with Gasteiger partial charge in [-0.15, -0.1) is 0 Å². The summed E-state index contributed by atoms with van der Waals surface area (Å²) in [7, 11) is 0. The van der Waals surface area contributed by atoms with Crippen LogP contribution in [0.25, 0.3) is 0 Å².